The van der Waals surface area contributed by atoms with E-state index in [1.165, 1.54) is 0 Å². The van der Waals surface area contributed by atoms with Gasteiger partial charge in [0.05, 0.1) is 17.2 Å². The Hall–Kier alpha value is -1.71. The molecule has 1 aromatic carbocycles. The molecule has 1 rings (SSSR count). The van der Waals surface area contributed by atoms with Crippen LogP contribution in [-0.2, 0) is 18.8 Å². The molecule has 0 saturated heterocycles. The molecular weight excluding hydrogens is 260 g/mol. The van der Waals surface area contributed by atoms with Crippen LogP contribution in [-0.4, -0.2) is 0 Å². The van der Waals surface area contributed by atoms with Crippen LogP contribution in [0.15, 0.2) is 18.2 Å². The van der Waals surface area contributed by atoms with E-state index in [-0.39, 0.29) is 24.5 Å². The Bertz CT molecular complexity index is 434. The van der Waals surface area contributed by atoms with E-state index < -0.39 is 23.5 Å². The average Bonchev–Trinajstić information content (AvgIpc) is 2.23. The monoisotopic (exact) mass is 267 g/mol. The number of rotatable bonds is 2. The topological polar surface area (TPSA) is 23.8 Å². The van der Waals surface area contributed by atoms with Crippen molar-refractivity contribution in [2.75, 3.05) is 0 Å². The lowest BCUT2D eigenvalue weighted by atomic mass is 10.0. The number of alkyl halides is 6. The molecule has 0 aromatic heterocycles. The zero-order chi connectivity index (χ0) is 14.0. The quantitative estimate of drug-likeness (QED) is 0.737. The number of nitriles is 1. The number of hydrogen-bond donors (Lipinski definition) is 0. The highest BCUT2D eigenvalue weighted by atomic mass is 19.4. The van der Waals surface area contributed by atoms with Gasteiger partial charge in [0, 0.05) is 6.42 Å². The van der Waals surface area contributed by atoms with Crippen LogP contribution >= 0.6 is 0 Å². The van der Waals surface area contributed by atoms with E-state index in [2.05, 4.69) is 0 Å². The maximum atomic E-state index is 12.4. The van der Waals surface area contributed by atoms with Gasteiger partial charge >= 0.3 is 12.4 Å². The molecule has 1 aromatic rings. The Kier molecular flexibility index (Phi) is 3.89. The lowest BCUT2D eigenvalue weighted by Crippen LogP contribution is -2.11. The van der Waals surface area contributed by atoms with E-state index in [4.69, 9.17) is 5.26 Å². The molecule has 18 heavy (non-hydrogen) atoms. The van der Waals surface area contributed by atoms with Gasteiger partial charge in [0.15, 0.2) is 0 Å². The number of hydrogen-bond acceptors (Lipinski definition) is 1. The lowest BCUT2D eigenvalue weighted by molar-refractivity contribution is -0.143. The first kappa shape index (κ1) is 14.4. The highest BCUT2D eigenvalue weighted by Gasteiger charge is 2.36. The van der Waals surface area contributed by atoms with Crippen LogP contribution in [0, 0.1) is 11.3 Å². The van der Waals surface area contributed by atoms with Gasteiger partial charge in [-0.05, 0) is 30.2 Å². The molecule has 0 atom stereocenters. The Balaban J connectivity index is 3.26. The molecule has 98 valence electrons. The summed E-state index contributed by atoms with van der Waals surface area (Å²) in [5.74, 6) is 0. The van der Waals surface area contributed by atoms with Crippen molar-refractivity contribution >= 4 is 0 Å². The van der Waals surface area contributed by atoms with E-state index in [1.54, 1.807) is 6.07 Å². The third kappa shape index (κ3) is 3.65. The molecule has 7 heteroatoms. The average molecular weight is 267 g/mol. The zero-order valence-electron chi connectivity index (χ0n) is 8.86. The van der Waals surface area contributed by atoms with E-state index in [1.807, 2.05) is 0 Å². The Labute approximate surface area is 98.6 Å². The smallest absolute Gasteiger partial charge is 0.198 e. The maximum Gasteiger partial charge on any atom is 0.416 e. The van der Waals surface area contributed by atoms with Crippen LogP contribution in [0.3, 0.4) is 0 Å². The molecule has 0 heterocycles. The van der Waals surface area contributed by atoms with Gasteiger partial charge in [-0.2, -0.15) is 31.6 Å². The van der Waals surface area contributed by atoms with Crippen LogP contribution in [0.2, 0.25) is 0 Å². The van der Waals surface area contributed by atoms with Crippen molar-refractivity contribution in [3.05, 3.63) is 34.9 Å². The fraction of sp³-hybridized carbons (Fsp3) is 0.364. The Morgan fingerprint density at radius 2 is 1.33 bits per heavy atom. The second-order valence-corrected chi connectivity index (χ2v) is 3.57. The van der Waals surface area contributed by atoms with Crippen molar-refractivity contribution in [3.8, 4) is 6.07 Å². The summed E-state index contributed by atoms with van der Waals surface area (Å²) in [6, 6.07) is 3.00. The molecule has 0 unspecified atom stereocenters. The summed E-state index contributed by atoms with van der Waals surface area (Å²) in [6.07, 6.45) is -9.98. The van der Waals surface area contributed by atoms with Gasteiger partial charge in [-0.3, -0.25) is 0 Å². The number of nitrogens with zero attached hydrogens (tertiary/aromatic N) is 1. The van der Waals surface area contributed by atoms with E-state index in [9.17, 15) is 26.3 Å². The summed E-state index contributed by atoms with van der Waals surface area (Å²) < 4.78 is 74.6. The van der Waals surface area contributed by atoms with Crippen LogP contribution in [0.1, 0.15) is 23.1 Å². The summed E-state index contributed by atoms with van der Waals surface area (Å²) in [7, 11) is 0. The van der Waals surface area contributed by atoms with Crippen molar-refractivity contribution in [1.29, 1.82) is 5.26 Å². The van der Waals surface area contributed by atoms with Crippen LogP contribution < -0.4 is 0 Å². The molecule has 0 fully saturated rings. The fourth-order valence-corrected chi connectivity index (χ4v) is 1.36. The minimum atomic E-state index is -4.84. The van der Waals surface area contributed by atoms with E-state index >= 15 is 0 Å². The predicted octanol–water partition coefficient (Wildman–Crippen LogP) is 4.18. The van der Waals surface area contributed by atoms with Crippen molar-refractivity contribution < 1.29 is 26.3 Å². The minimum absolute atomic E-state index is 0.0654. The fourth-order valence-electron chi connectivity index (χ4n) is 1.36. The standard InChI is InChI=1S/C11H7F6N/c12-10(13,14)8-4-7(2-1-3-18)5-9(6-8)11(15,16)17/h4-6H,1-2H2. The Morgan fingerprint density at radius 1 is 0.889 bits per heavy atom. The van der Waals surface area contributed by atoms with Crippen molar-refractivity contribution in [2.45, 2.75) is 25.2 Å². The van der Waals surface area contributed by atoms with E-state index in [0.717, 1.165) is 0 Å². The van der Waals surface area contributed by atoms with Gasteiger partial charge < -0.3 is 0 Å². The van der Waals surface area contributed by atoms with Gasteiger partial charge in [0.1, 0.15) is 0 Å². The first-order valence-electron chi connectivity index (χ1n) is 4.80. The molecular formula is C11H7F6N. The molecule has 0 N–H and O–H groups in total. The third-order valence-electron chi connectivity index (χ3n) is 2.17. The van der Waals surface area contributed by atoms with Crippen molar-refractivity contribution in [3.63, 3.8) is 0 Å². The summed E-state index contributed by atoms with van der Waals surface area (Å²) in [5.41, 5.74) is -2.87. The molecule has 0 saturated carbocycles. The first-order chi connectivity index (χ1) is 8.14. The van der Waals surface area contributed by atoms with Gasteiger partial charge in [0.2, 0.25) is 0 Å². The molecule has 0 spiro atoms. The van der Waals surface area contributed by atoms with Crippen LogP contribution in [0.4, 0.5) is 26.3 Å². The number of aryl methyl sites for hydroxylation is 1. The van der Waals surface area contributed by atoms with E-state index in [0.29, 0.717) is 12.1 Å². The molecule has 0 aliphatic carbocycles. The van der Waals surface area contributed by atoms with Gasteiger partial charge in [0.25, 0.3) is 0 Å². The van der Waals surface area contributed by atoms with Gasteiger partial charge in [-0.15, -0.1) is 0 Å². The number of benzene rings is 1. The Morgan fingerprint density at radius 3 is 1.67 bits per heavy atom. The predicted molar refractivity (Wildman–Crippen MR) is 50.4 cm³/mol. The van der Waals surface area contributed by atoms with Gasteiger partial charge in [-0.25, -0.2) is 0 Å². The molecule has 0 aliphatic heterocycles. The second kappa shape index (κ2) is 4.88. The third-order valence-corrected chi connectivity index (χ3v) is 2.17. The maximum absolute atomic E-state index is 12.4. The molecule has 0 amide bonds. The molecule has 1 nitrogen and oxygen atoms in total. The lowest BCUT2D eigenvalue weighted by Gasteiger charge is -2.13. The minimum Gasteiger partial charge on any atom is -0.198 e. The molecule has 0 bridgehead atoms. The summed E-state index contributed by atoms with van der Waals surface area (Å²) in [6.45, 7) is 0. The largest absolute Gasteiger partial charge is 0.416 e. The summed E-state index contributed by atoms with van der Waals surface area (Å²) in [4.78, 5) is 0. The van der Waals surface area contributed by atoms with Crippen molar-refractivity contribution in [1.82, 2.24) is 0 Å². The summed E-state index contributed by atoms with van der Waals surface area (Å²) in [5, 5.41) is 8.29. The summed E-state index contributed by atoms with van der Waals surface area (Å²) >= 11 is 0. The molecule has 0 radical (unpaired) electrons. The molecule has 0 aliphatic rings. The van der Waals surface area contributed by atoms with Gasteiger partial charge in [-0.1, -0.05) is 0 Å². The van der Waals surface area contributed by atoms with Crippen LogP contribution in [0.5, 0.6) is 0 Å². The first-order valence-corrected chi connectivity index (χ1v) is 4.80. The second-order valence-electron chi connectivity index (χ2n) is 3.57. The zero-order valence-corrected chi connectivity index (χ0v) is 8.86. The normalized spacial score (nSPS) is 12.3. The highest BCUT2D eigenvalue weighted by molar-refractivity contribution is 5.33. The number of halogens is 6. The van der Waals surface area contributed by atoms with Crippen molar-refractivity contribution in [2.24, 2.45) is 0 Å². The van der Waals surface area contributed by atoms with Crippen LogP contribution in [0.25, 0.3) is 0 Å². The SMILES string of the molecule is N#CCCc1cc(C(F)(F)F)cc(C(F)(F)F)c1. The highest BCUT2D eigenvalue weighted by Crippen LogP contribution is 2.36.